The Labute approximate surface area is 75.0 Å². The van der Waals surface area contributed by atoms with E-state index in [9.17, 15) is 4.39 Å². The number of rotatable bonds is 3. The van der Waals surface area contributed by atoms with Gasteiger partial charge in [-0.2, -0.15) is 0 Å². The van der Waals surface area contributed by atoms with Gasteiger partial charge in [0.1, 0.15) is 9.52 Å². The molecule has 0 N–H and O–H groups in total. The third-order valence-corrected chi connectivity index (χ3v) is 2.94. The molecule has 0 aliphatic carbocycles. The molecule has 1 aliphatic heterocycles. The highest BCUT2D eigenvalue weighted by molar-refractivity contribution is 14.2. The fraction of sp³-hybridized carbons (Fsp3) is 0.125. The number of allylic oxidation sites excluding steroid dienone is 2. The number of ether oxygens (including phenoxy) is 1. The van der Waals surface area contributed by atoms with Crippen LogP contribution in [0, 0.1) is 0 Å². The fourth-order valence-electron chi connectivity index (χ4n) is 0.553. The topological polar surface area (TPSA) is 9.23 Å². The summed E-state index contributed by atoms with van der Waals surface area (Å²) in [7, 11) is 0. The minimum atomic E-state index is -0.241. The predicted molar refractivity (Wildman–Crippen MR) is 53.5 cm³/mol. The van der Waals surface area contributed by atoms with Crippen LogP contribution in [0.1, 0.15) is 0 Å². The molecular formula is C8H8FIO. The molecule has 11 heavy (non-hydrogen) atoms. The maximum atomic E-state index is 12.5. The molecule has 60 valence electrons. The third kappa shape index (κ3) is 3.07. The van der Waals surface area contributed by atoms with Crippen molar-refractivity contribution in [2.45, 2.75) is 0 Å². The van der Waals surface area contributed by atoms with E-state index in [2.05, 4.69) is 6.58 Å². The Balaban J connectivity index is 2.54. The first-order valence-corrected chi connectivity index (χ1v) is 5.43. The van der Waals surface area contributed by atoms with E-state index < -0.39 is 0 Å². The minimum Gasteiger partial charge on any atom is -0.336 e. The first kappa shape index (κ1) is 8.80. The molecule has 1 heterocycles. The van der Waals surface area contributed by atoms with Crippen LogP contribution in [0.15, 0.2) is 34.7 Å². The molecule has 0 atom stereocenters. The highest BCUT2D eigenvalue weighted by Gasteiger charge is 1.98. The number of hydrogen-bond acceptors (Lipinski definition) is 1. The van der Waals surface area contributed by atoms with Crippen molar-refractivity contribution in [1.29, 1.82) is 0 Å². The van der Waals surface area contributed by atoms with Crippen LogP contribution in [0.5, 0.6) is 0 Å². The molecule has 0 saturated carbocycles. The zero-order chi connectivity index (χ0) is 8.10. The van der Waals surface area contributed by atoms with Crippen molar-refractivity contribution in [3.05, 3.63) is 34.7 Å². The summed E-state index contributed by atoms with van der Waals surface area (Å²) in [5.74, 6) is -0.227. The summed E-state index contributed by atoms with van der Waals surface area (Å²) >= 11 is -0.241. The summed E-state index contributed by atoms with van der Waals surface area (Å²) in [6.07, 6.45) is 4.58. The Kier molecular flexibility index (Phi) is 3.65. The van der Waals surface area contributed by atoms with Gasteiger partial charge in [0.15, 0.2) is 0 Å². The predicted octanol–water partition coefficient (Wildman–Crippen LogP) is 2.67. The van der Waals surface area contributed by atoms with Crippen molar-refractivity contribution in [3.63, 3.8) is 0 Å². The van der Waals surface area contributed by atoms with Gasteiger partial charge in [-0.05, 0) is 10.2 Å². The van der Waals surface area contributed by atoms with Crippen LogP contribution < -0.4 is 0 Å². The molecular weight excluding hydrogens is 258 g/mol. The van der Waals surface area contributed by atoms with Gasteiger partial charge in [0.05, 0.1) is 6.61 Å². The van der Waals surface area contributed by atoms with Crippen molar-refractivity contribution < 1.29 is 9.13 Å². The first-order chi connectivity index (χ1) is 5.33. The SMILES string of the molecule is C=CCOC1=IC=CC(F)=C1. The van der Waals surface area contributed by atoms with Crippen molar-refractivity contribution in [2.75, 3.05) is 6.61 Å². The Hall–Kier alpha value is -0.290. The number of halogens is 2. The molecule has 1 aliphatic rings. The molecule has 0 aromatic carbocycles. The molecule has 1 nitrogen and oxygen atoms in total. The van der Waals surface area contributed by atoms with Crippen LogP contribution in [0.4, 0.5) is 4.39 Å². The average molecular weight is 266 g/mol. The van der Waals surface area contributed by atoms with Gasteiger partial charge in [0, 0.05) is 6.08 Å². The largest absolute Gasteiger partial charge is 0.336 e. The molecule has 0 spiro atoms. The highest BCUT2D eigenvalue weighted by atomic mass is 127. The lowest BCUT2D eigenvalue weighted by atomic mass is 10.5. The maximum absolute atomic E-state index is 12.5. The molecule has 0 unspecified atom stereocenters. The van der Waals surface area contributed by atoms with Gasteiger partial charge in [-0.25, -0.2) is 4.39 Å². The molecule has 1 rings (SSSR count). The molecule has 0 amide bonds. The van der Waals surface area contributed by atoms with E-state index in [1.165, 1.54) is 12.2 Å². The van der Waals surface area contributed by atoms with Gasteiger partial charge in [0.2, 0.25) is 0 Å². The summed E-state index contributed by atoms with van der Waals surface area (Å²) in [6.45, 7) is 3.97. The summed E-state index contributed by atoms with van der Waals surface area (Å²) in [5, 5.41) is 0. The Bertz CT molecular complexity index is 240. The second-order valence-electron chi connectivity index (χ2n) is 1.83. The molecule has 0 saturated heterocycles. The second-order valence-corrected chi connectivity index (χ2v) is 4.24. The highest BCUT2D eigenvalue weighted by Crippen LogP contribution is 2.15. The van der Waals surface area contributed by atoms with Gasteiger partial charge in [0.25, 0.3) is 0 Å². The van der Waals surface area contributed by atoms with Gasteiger partial charge in [-0.15, -0.1) is 6.58 Å². The van der Waals surface area contributed by atoms with Crippen LogP contribution in [-0.4, -0.2) is 10.3 Å². The van der Waals surface area contributed by atoms with Crippen LogP contribution in [-0.2, 0) is 4.74 Å². The molecule has 0 aromatic heterocycles. The monoisotopic (exact) mass is 266 g/mol. The molecule has 0 bridgehead atoms. The van der Waals surface area contributed by atoms with Crippen LogP contribution in [0.25, 0.3) is 0 Å². The maximum Gasteiger partial charge on any atom is 0.126 e. The van der Waals surface area contributed by atoms with E-state index in [1.807, 2.05) is 4.08 Å². The summed E-state index contributed by atoms with van der Waals surface area (Å²) in [6, 6.07) is 0. The zero-order valence-electron chi connectivity index (χ0n) is 5.89. The smallest absolute Gasteiger partial charge is 0.126 e. The standard InChI is InChI=1S/C8H8FIO/c1-2-5-11-8-6-7(9)3-4-10-8/h2-4,6H,1,5H2. The van der Waals surface area contributed by atoms with Crippen LogP contribution >= 0.6 is 20.7 Å². The van der Waals surface area contributed by atoms with E-state index in [0.29, 0.717) is 6.61 Å². The third-order valence-electron chi connectivity index (χ3n) is 0.983. The van der Waals surface area contributed by atoms with Gasteiger partial charge in [-0.3, -0.25) is 0 Å². The lowest BCUT2D eigenvalue weighted by Gasteiger charge is -2.01. The van der Waals surface area contributed by atoms with Crippen LogP contribution in [0.2, 0.25) is 0 Å². The van der Waals surface area contributed by atoms with E-state index in [4.69, 9.17) is 4.74 Å². The minimum absolute atomic E-state index is 0.227. The Morgan fingerprint density at radius 3 is 3.18 bits per heavy atom. The van der Waals surface area contributed by atoms with E-state index in [0.717, 1.165) is 3.69 Å². The van der Waals surface area contributed by atoms with Crippen molar-refractivity contribution in [3.8, 4) is 0 Å². The lowest BCUT2D eigenvalue weighted by Crippen LogP contribution is -1.99. The molecule has 0 aromatic rings. The Morgan fingerprint density at radius 2 is 2.55 bits per heavy atom. The molecule has 0 fully saturated rings. The quantitative estimate of drug-likeness (QED) is 0.563. The Morgan fingerprint density at radius 1 is 1.73 bits per heavy atom. The molecule has 3 heteroatoms. The second kappa shape index (κ2) is 4.56. The summed E-state index contributed by atoms with van der Waals surface area (Å²) in [4.78, 5) is 0. The fourth-order valence-corrected chi connectivity index (χ4v) is 2.27. The van der Waals surface area contributed by atoms with Gasteiger partial charge >= 0.3 is 0 Å². The van der Waals surface area contributed by atoms with Crippen molar-refractivity contribution >= 4 is 24.4 Å². The van der Waals surface area contributed by atoms with E-state index in [-0.39, 0.29) is 26.6 Å². The van der Waals surface area contributed by atoms with E-state index >= 15 is 0 Å². The van der Waals surface area contributed by atoms with Crippen LogP contribution in [0.3, 0.4) is 0 Å². The normalized spacial score (nSPS) is 16.5. The lowest BCUT2D eigenvalue weighted by molar-refractivity contribution is 0.364. The first-order valence-electron chi connectivity index (χ1n) is 3.10. The summed E-state index contributed by atoms with van der Waals surface area (Å²) < 4.78 is 20.3. The van der Waals surface area contributed by atoms with E-state index in [1.54, 1.807) is 6.08 Å². The average Bonchev–Trinajstić information content (AvgIpc) is 2.01. The van der Waals surface area contributed by atoms with Crippen molar-refractivity contribution in [1.82, 2.24) is 0 Å². The van der Waals surface area contributed by atoms with Gasteiger partial charge < -0.3 is 4.74 Å². The summed E-state index contributed by atoms with van der Waals surface area (Å²) in [5.41, 5.74) is 0. The zero-order valence-corrected chi connectivity index (χ0v) is 8.05. The number of hydrogen-bond donors (Lipinski definition) is 0. The van der Waals surface area contributed by atoms with Gasteiger partial charge in [-0.1, -0.05) is 26.8 Å². The van der Waals surface area contributed by atoms with Crippen molar-refractivity contribution in [2.24, 2.45) is 0 Å². The molecule has 0 radical (unpaired) electrons.